The number of aliphatic hydroxyl groups excluding tert-OH is 1. The Labute approximate surface area is 774 Å². The van der Waals surface area contributed by atoms with Crippen molar-refractivity contribution in [1.29, 1.82) is 0 Å². The van der Waals surface area contributed by atoms with E-state index in [1.54, 1.807) is 70.3 Å². The van der Waals surface area contributed by atoms with Gasteiger partial charge in [0, 0.05) is 98.0 Å². The van der Waals surface area contributed by atoms with Crippen molar-refractivity contribution in [3.63, 3.8) is 0 Å². The minimum Gasteiger partial charge on any atom is -0.492 e. The number of hydrogen-bond donors (Lipinski definition) is 16. The standard InChI is InChI=1S/C95H137N15O19S2/c1-14-62-28-24-29-69-67(53-101-82(62)69)47-74-88(124)103-71(31-17-15-16-25-55(4)111)87(123)110-83(93(9,10)130-131-94(11,12)84(102-59(8)115)91(127)107-75(51-80(99)120)89(125)109-81(57(6)113)90(126)106-74)77(117)49-65(44-60-33-36-68(37-34-60)129-42-40-97)85(121)105-73(46-61-32-35-63-26-18-19-27-64(63)45-61)78(118)52-95(13,38-21-22-39-96)92(128)108-70(30-20-23-41-100-58(7)114)76(116)48-66(50-79(98)119)86(122)104-72(56(5)112)43-54(2)3/h18-19,24,26-29,32-37,45,53-54,57,65-66,70-75,81,83-84,101,113H,14-17,20-23,25,30-31,38-44,46-52,96-97H2,1-13H3,(H2,98,119)(H2,99,120)(H,100,114)(H,102,115)(H,103,124)(H,104,122)(H,105,121)(H,106,126)(H,107,127)(H,108,128)(H,109,125)(H,110,123)/t57-,65-,66+,70+,71+,72-,73+,74+,75+,81+,83-,84-,95-/m1/s1. The fourth-order valence-electron chi connectivity index (χ4n) is 15.9. The Bertz CT molecular complexity index is 4840. The smallest absolute Gasteiger partial charge is 0.245 e. The average Bonchev–Trinajstić information content (AvgIpc) is 1.76. The minimum absolute atomic E-state index is 0.0106. The van der Waals surface area contributed by atoms with Crippen molar-refractivity contribution >= 4 is 143 Å². The number of hydrogen-bond acceptors (Lipinski definition) is 23. The summed E-state index contributed by atoms with van der Waals surface area (Å²) in [4.78, 5) is 249. The van der Waals surface area contributed by atoms with Gasteiger partial charge in [-0.25, -0.2) is 0 Å². The molecule has 2 heterocycles. The van der Waals surface area contributed by atoms with Gasteiger partial charge >= 0.3 is 0 Å². The Morgan fingerprint density at radius 1 is 0.588 bits per heavy atom. The second-order valence-electron chi connectivity index (χ2n) is 36.1. The lowest BCUT2D eigenvalue weighted by molar-refractivity contribution is -0.140. The van der Waals surface area contributed by atoms with Gasteiger partial charge in [0.05, 0.1) is 42.0 Å². The van der Waals surface area contributed by atoms with Crippen LogP contribution in [-0.2, 0) is 107 Å². The molecule has 0 radical (unpaired) electrons. The van der Waals surface area contributed by atoms with Gasteiger partial charge in [-0.3, -0.25) is 76.7 Å². The van der Waals surface area contributed by atoms with Crippen LogP contribution in [0.3, 0.4) is 0 Å². The fourth-order valence-corrected chi connectivity index (χ4v) is 18.7. The lowest BCUT2D eigenvalue weighted by Gasteiger charge is -2.39. The van der Waals surface area contributed by atoms with Gasteiger partial charge < -0.3 is 95.7 Å². The molecule has 0 saturated carbocycles. The number of unbranched alkanes of at least 4 members (excludes halogenated alkanes) is 4. The number of nitrogens with two attached hydrogens (primary N) is 4. The molecule has 1 fully saturated rings. The van der Waals surface area contributed by atoms with E-state index in [4.69, 9.17) is 27.7 Å². The van der Waals surface area contributed by atoms with Crippen molar-refractivity contribution in [1.82, 2.24) is 58.2 Å². The lowest BCUT2D eigenvalue weighted by Crippen LogP contribution is -2.63. The summed E-state index contributed by atoms with van der Waals surface area (Å²) in [5.74, 6) is -15.8. The van der Waals surface area contributed by atoms with Gasteiger partial charge in [0.15, 0.2) is 23.1 Å². The number of fused-ring (bicyclic) bond motifs is 2. The molecular formula is C95H137N15O19S2. The molecule has 6 rings (SSSR count). The van der Waals surface area contributed by atoms with Gasteiger partial charge in [-0.2, -0.15) is 0 Å². The number of benzene rings is 4. The third kappa shape index (κ3) is 34.9. The van der Waals surface area contributed by atoms with Crippen LogP contribution < -0.4 is 80.8 Å². The first-order chi connectivity index (χ1) is 61.8. The van der Waals surface area contributed by atoms with Crippen molar-refractivity contribution < 1.29 is 91.4 Å². The molecule has 5 aromatic rings. The quantitative estimate of drug-likeness (QED) is 0.0170. The molecule has 36 heteroatoms. The number of ether oxygens (including phenoxy) is 1. The van der Waals surface area contributed by atoms with E-state index in [2.05, 4.69) is 58.2 Å². The van der Waals surface area contributed by atoms with Crippen LogP contribution in [-0.4, -0.2) is 206 Å². The van der Waals surface area contributed by atoms with Gasteiger partial charge in [0.1, 0.15) is 54.4 Å². The fraction of sp³-hybridized carbons (Fsp3) is 0.568. The van der Waals surface area contributed by atoms with E-state index >= 15 is 28.8 Å². The molecule has 1 aromatic heterocycles. The van der Waals surface area contributed by atoms with Gasteiger partial charge in [-0.1, -0.05) is 141 Å². The van der Waals surface area contributed by atoms with Gasteiger partial charge in [-0.05, 0) is 177 Å². The molecule has 0 unspecified atom stereocenters. The average molecular weight is 1860 g/mol. The molecule has 0 bridgehead atoms. The number of para-hydroxylation sites is 1. The minimum atomic E-state index is -1.90. The number of carbonyl (C=O) groups is 17. The van der Waals surface area contributed by atoms with Crippen molar-refractivity contribution in [2.75, 3.05) is 26.2 Å². The molecule has 1 aliphatic rings. The molecule has 0 aliphatic carbocycles. The first kappa shape index (κ1) is 109. The summed E-state index contributed by atoms with van der Waals surface area (Å²) < 4.78 is 2.74. The highest BCUT2D eigenvalue weighted by Gasteiger charge is 2.47. The van der Waals surface area contributed by atoms with Crippen LogP contribution in [0.5, 0.6) is 5.75 Å². The number of ketones is 5. The van der Waals surface area contributed by atoms with E-state index in [-0.39, 0.29) is 120 Å². The number of nitrogens with one attached hydrogen (secondary N) is 11. The normalized spacial score (nSPS) is 19.4. The number of aromatic nitrogens is 1. The van der Waals surface area contributed by atoms with Crippen LogP contribution in [0.1, 0.15) is 221 Å². The summed E-state index contributed by atoms with van der Waals surface area (Å²) in [5, 5.41) is 41.0. The highest BCUT2D eigenvalue weighted by Crippen LogP contribution is 2.47. The summed E-state index contributed by atoms with van der Waals surface area (Å²) >= 11 is 0. The number of carbonyl (C=O) groups excluding carboxylic acids is 17. The first-order valence-corrected chi connectivity index (χ1v) is 47.3. The Morgan fingerprint density at radius 3 is 1.85 bits per heavy atom. The van der Waals surface area contributed by atoms with Crippen LogP contribution in [0, 0.1) is 23.2 Å². The number of H-pyrrole nitrogens is 1. The largest absolute Gasteiger partial charge is 0.492 e. The maximum absolute atomic E-state index is 16.5. The number of rotatable bonds is 49. The summed E-state index contributed by atoms with van der Waals surface area (Å²) in [6.45, 7) is 20.6. The summed E-state index contributed by atoms with van der Waals surface area (Å²) in [6.07, 6.45) is -1.21. The monoisotopic (exact) mass is 1860 g/mol. The first-order valence-electron chi connectivity index (χ1n) is 45.1. The van der Waals surface area contributed by atoms with Crippen LogP contribution in [0.15, 0.2) is 91.1 Å². The molecule has 0 spiro atoms. The zero-order chi connectivity index (χ0) is 97.2. The molecule has 12 amide bonds. The predicted octanol–water partition coefficient (Wildman–Crippen LogP) is 5.44. The summed E-state index contributed by atoms with van der Waals surface area (Å²) in [5.41, 5.74) is 24.8. The van der Waals surface area contributed by atoms with Crippen molar-refractivity contribution in [3.05, 3.63) is 113 Å². The zero-order valence-corrected chi connectivity index (χ0v) is 79.4. The van der Waals surface area contributed by atoms with E-state index in [0.717, 1.165) is 50.4 Å². The van der Waals surface area contributed by atoms with Crippen LogP contribution >= 0.6 is 21.6 Å². The van der Waals surface area contributed by atoms with Gasteiger partial charge in [0.25, 0.3) is 0 Å². The summed E-state index contributed by atoms with van der Waals surface area (Å²) in [7, 11) is 1.93. The molecule has 718 valence electrons. The topological polar surface area (TPSA) is 560 Å². The highest BCUT2D eigenvalue weighted by atomic mass is 33.1. The third-order valence-corrected chi connectivity index (χ3v) is 27.5. The zero-order valence-electron chi connectivity index (χ0n) is 77.8. The van der Waals surface area contributed by atoms with Crippen molar-refractivity contribution in [2.24, 2.45) is 46.1 Å². The van der Waals surface area contributed by atoms with Crippen molar-refractivity contribution in [2.45, 2.75) is 295 Å². The number of aryl methyl sites for hydroxylation is 1. The SMILES string of the molecule is CCc1cccc2c(C[C@@H]3NC(=O)[C@H]([C@@H](C)O)NC(=O)[C@H](CC(N)=O)NC(=O)[C@@H](NC(C)=O)C(C)(C)SSC(C)(C)[C@@H](C(=O)C[C@@H](Cc4ccc(OCCN)cc4)C(=O)N[C@@H](Cc4ccc5ccccc5c4)C(=O)C[C@@](C)(CCCCN)C(=O)N[C@@H](CCCCNC(C)=O)C(=O)C[C@@H](CC(N)=O)C(=O)N[C@H](CC(C)C)C(C)=O)NC(=O)[C@H](CCCCCC(C)=O)NC3=O)c[nH]c12. The van der Waals surface area contributed by atoms with E-state index in [1.807, 2.05) is 69.3 Å². The molecule has 1 saturated heterocycles. The highest BCUT2D eigenvalue weighted by molar-refractivity contribution is 8.77. The Morgan fingerprint density at radius 2 is 1.23 bits per heavy atom. The predicted molar refractivity (Wildman–Crippen MR) is 503 cm³/mol. The molecule has 13 atom stereocenters. The second-order valence-corrected chi connectivity index (χ2v) is 39.6. The Kier molecular flexibility index (Phi) is 43.5. The van der Waals surface area contributed by atoms with Crippen LogP contribution in [0.25, 0.3) is 21.7 Å². The number of primary amides is 2. The van der Waals surface area contributed by atoms with E-state index in [1.165, 1.54) is 34.6 Å². The van der Waals surface area contributed by atoms with Crippen LogP contribution in [0.4, 0.5) is 0 Å². The van der Waals surface area contributed by atoms with Crippen LogP contribution in [0.2, 0.25) is 0 Å². The number of amides is 12. The van der Waals surface area contributed by atoms with E-state index in [0.29, 0.717) is 59.9 Å². The molecule has 34 nitrogen and oxygen atoms in total. The maximum atomic E-state index is 16.5. The lowest BCUT2D eigenvalue weighted by atomic mass is 9.77. The molecule has 4 aromatic carbocycles. The summed E-state index contributed by atoms with van der Waals surface area (Å²) in [6, 6.07) is 10.9. The second kappa shape index (κ2) is 52.3. The Balaban J connectivity index is 1.55. The molecule has 1 aliphatic heterocycles. The van der Waals surface area contributed by atoms with Gasteiger partial charge in [0.2, 0.25) is 70.9 Å². The van der Waals surface area contributed by atoms with Crippen molar-refractivity contribution in [3.8, 4) is 5.75 Å². The Hall–Kier alpha value is -10.9. The van der Waals surface area contributed by atoms with Gasteiger partial charge in [-0.15, -0.1) is 0 Å². The van der Waals surface area contributed by atoms with E-state index in [9.17, 15) is 57.8 Å². The molecule has 131 heavy (non-hydrogen) atoms. The number of aromatic amines is 1. The number of Topliss-reactive ketones (excluding diaryl/α,β-unsaturated/α-hetero) is 5. The molecular weight excluding hydrogens is 1720 g/mol. The number of aliphatic hydroxyl groups is 1. The third-order valence-electron chi connectivity index (χ3n) is 23.3. The van der Waals surface area contributed by atoms with E-state index < -0.39 is 202 Å². The molecule has 20 N–H and O–H groups in total. The maximum Gasteiger partial charge on any atom is 0.245 e.